The highest BCUT2D eigenvalue weighted by atomic mass is 19.1. The zero-order valence-electron chi connectivity index (χ0n) is 12.1. The monoisotopic (exact) mass is 288 g/mol. The first kappa shape index (κ1) is 14.3. The SMILES string of the molecule is Fc1ccccc1CN1CCCC(NCc2ccoc2)C1. The van der Waals surface area contributed by atoms with E-state index in [4.69, 9.17) is 4.42 Å². The number of furan rings is 1. The maximum Gasteiger partial charge on any atom is 0.127 e. The maximum absolute atomic E-state index is 13.7. The number of nitrogens with zero attached hydrogens (tertiary/aromatic N) is 1. The number of hydrogen-bond acceptors (Lipinski definition) is 3. The summed E-state index contributed by atoms with van der Waals surface area (Å²) in [5.74, 6) is -0.106. The van der Waals surface area contributed by atoms with Gasteiger partial charge >= 0.3 is 0 Å². The van der Waals surface area contributed by atoms with Gasteiger partial charge in [-0.2, -0.15) is 0 Å². The second-order valence-electron chi connectivity index (χ2n) is 5.68. The number of likely N-dealkylation sites (tertiary alicyclic amines) is 1. The van der Waals surface area contributed by atoms with Crippen LogP contribution in [0.2, 0.25) is 0 Å². The van der Waals surface area contributed by atoms with Crippen LogP contribution in [0.3, 0.4) is 0 Å². The number of rotatable bonds is 5. The molecular formula is C17H21FN2O. The summed E-state index contributed by atoms with van der Waals surface area (Å²) >= 11 is 0. The van der Waals surface area contributed by atoms with Crippen LogP contribution in [0.5, 0.6) is 0 Å². The van der Waals surface area contributed by atoms with Crippen LogP contribution >= 0.6 is 0 Å². The average Bonchev–Trinajstić information content (AvgIpc) is 3.01. The molecular weight excluding hydrogens is 267 g/mol. The largest absolute Gasteiger partial charge is 0.472 e. The molecule has 1 atom stereocenters. The van der Waals surface area contributed by atoms with E-state index in [0.29, 0.717) is 12.6 Å². The molecule has 1 fully saturated rings. The minimum Gasteiger partial charge on any atom is -0.472 e. The first-order valence-electron chi connectivity index (χ1n) is 7.51. The predicted octanol–water partition coefficient (Wildman–Crippen LogP) is 3.17. The first-order chi connectivity index (χ1) is 10.3. The van der Waals surface area contributed by atoms with Gasteiger partial charge in [-0.1, -0.05) is 18.2 Å². The Hall–Kier alpha value is -1.65. The molecule has 0 radical (unpaired) electrons. The molecule has 4 heteroatoms. The molecule has 1 aliphatic heterocycles. The fourth-order valence-corrected chi connectivity index (χ4v) is 2.89. The van der Waals surface area contributed by atoms with E-state index in [0.717, 1.165) is 31.6 Å². The molecule has 1 aliphatic rings. The second-order valence-corrected chi connectivity index (χ2v) is 5.68. The Morgan fingerprint density at radius 1 is 1.29 bits per heavy atom. The van der Waals surface area contributed by atoms with Gasteiger partial charge < -0.3 is 9.73 Å². The van der Waals surface area contributed by atoms with Gasteiger partial charge in [0, 0.05) is 36.8 Å². The van der Waals surface area contributed by atoms with E-state index in [1.165, 1.54) is 18.1 Å². The van der Waals surface area contributed by atoms with Gasteiger partial charge in [0.15, 0.2) is 0 Å². The molecule has 0 bridgehead atoms. The standard InChI is InChI=1S/C17H21FN2O/c18-17-6-2-1-4-15(17)11-20-8-3-5-16(12-20)19-10-14-7-9-21-13-14/h1-2,4,6-7,9,13,16,19H,3,5,8,10-12H2. The summed E-state index contributed by atoms with van der Waals surface area (Å²) in [7, 11) is 0. The summed E-state index contributed by atoms with van der Waals surface area (Å²) in [6.07, 6.45) is 5.79. The van der Waals surface area contributed by atoms with Crippen molar-refractivity contribution in [1.82, 2.24) is 10.2 Å². The molecule has 1 aromatic heterocycles. The lowest BCUT2D eigenvalue weighted by atomic mass is 10.0. The van der Waals surface area contributed by atoms with Crippen molar-refractivity contribution >= 4 is 0 Å². The Kier molecular flexibility index (Phi) is 4.68. The van der Waals surface area contributed by atoms with Gasteiger partial charge in [-0.05, 0) is 31.5 Å². The van der Waals surface area contributed by atoms with Crippen molar-refractivity contribution in [2.45, 2.75) is 32.0 Å². The van der Waals surface area contributed by atoms with Crippen molar-refractivity contribution in [3.63, 3.8) is 0 Å². The van der Waals surface area contributed by atoms with Crippen LogP contribution in [-0.2, 0) is 13.1 Å². The molecule has 1 unspecified atom stereocenters. The van der Waals surface area contributed by atoms with Crippen molar-refractivity contribution < 1.29 is 8.81 Å². The topological polar surface area (TPSA) is 28.4 Å². The van der Waals surface area contributed by atoms with Crippen LogP contribution in [-0.4, -0.2) is 24.0 Å². The molecule has 0 saturated carbocycles. The van der Waals surface area contributed by atoms with E-state index in [1.54, 1.807) is 18.6 Å². The molecule has 2 aromatic rings. The molecule has 0 amide bonds. The number of benzene rings is 1. The fraction of sp³-hybridized carbons (Fsp3) is 0.412. The van der Waals surface area contributed by atoms with E-state index in [1.807, 2.05) is 18.2 Å². The van der Waals surface area contributed by atoms with Gasteiger partial charge in [0.05, 0.1) is 12.5 Å². The van der Waals surface area contributed by atoms with Crippen molar-refractivity contribution in [1.29, 1.82) is 0 Å². The molecule has 0 spiro atoms. The number of nitrogens with one attached hydrogen (secondary N) is 1. The Labute approximate surface area is 124 Å². The molecule has 2 heterocycles. The van der Waals surface area contributed by atoms with E-state index in [-0.39, 0.29) is 5.82 Å². The number of piperidine rings is 1. The van der Waals surface area contributed by atoms with Crippen molar-refractivity contribution in [3.05, 3.63) is 59.8 Å². The smallest absolute Gasteiger partial charge is 0.127 e. The lowest BCUT2D eigenvalue weighted by molar-refractivity contribution is 0.181. The van der Waals surface area contributed by atoms with E-state index in [2.05, 4.69) is 10.2 Å². The van der Waals surface area contributed by atoms with Crippen molar-refractivity contribution in [2.75, 3.05) is 13.1 Å². The Morgan fingerprint density at radius 2 is 2.19 bits per heavy atom. The van der Waals surface area contributed by atoms with Gasteiger partial charge in [-0.25, -0.2) is 4.39 Å². The quantitative estimate of drug-likeness (QED) is 0.916. The Morgan fingerprint density at radius 3 is 3.00 bits per heavy atom. The summed E-state index contributed by atoms with van der Waals surface area (Å²) in [5, 5.41) is 3.56. The molecule has 0 aliphatic carbocycles. The summed E-state index contributed by atoms with van der Waals surface area (Å²) in [6.45, 7) is 3.52. The lowest BCUT2D eigenvalue weighted by Gasteiger charge is -2.33. The zero-order chi connectivity index (χ0) is 14.5. The number of halogens is 1. The van der Waals surface area contributed by atoms with Crippen LogP contribution in [0.4, 0.5) is 4.39 Å². The van der Waals surface area contributed by atoms with Crippen LogP contribution in [0.1, 0.15) is 24.0 Å². The molecule has 112 valence electrons. The fourth-order valence-electron chi connectivity index (χ4n) is 2.89. The van der Waals surface area contributed by atoms with Gasteiger partial charge in [0.1, 0.15) is 5.82 Å². The Bertz CT molecular complexity index is 556. The number of hydrogen-bond donors (Lipinski definition) is 1. The molecule has 1 N–H and O–H groups in total. The summed E-state index contributed by atoms with van der Waals surface area (Å²) in [4.78, 5) is 2.33. The second kappa shape index (κ2) is 6.87. The third kappa shape index (κ3) is 3.93. The highest BCUT2D eigenvalue weighted by Crippen LogP contribution is 2.16. The minimum atomic E-state index is -0.106. The lowest BCUT2D eigenvalue weighted by Crippen LogP contribution is -2.45. The summed E-state index contributed by atoms with van der Waals surface area (Å²) < 4.78 is 18.8. The third-order valence-corrected chi connectivity index (χ3v) is 4.03. The highest BCUT2D eigenvalue weighted by Gasteiger charge is 2.20. The van der Waals surface area contributed by atoms with E-state index in [9.17, 15) is 4.39 Å². The summed E-state index contributed by atoms with van der Waals surface area (Å²) in [6, 6.07) is 9.49. The van der Waals surface area contributed by atoms with Gasteiger partial charge in [-0.15, -0.1) is 0 Å². The van der Waals surface area contributed by atoms with Crippen LogP contribution in [0.15, 0.2) is 47.3 Å². The van der Waals surface area contributed by atoms with Crippen LogP contribution in [0, 0.1) is 5.82 Å². The average molecular weight is 288 g/mol. The molecule has 3 rings (SSSR count). The normalized spacial score (nSPS) is 19.8. The zero-order valence-corrected chi connectivity index (χ0v) is 12.1. The first-order valence-corrected chi connectivity index (χ1v) is 7.51. The van der Waals surface area contributed by atoms with Crippen LogP contribution in [0.25, 0.3) is 0 Å². The minimum absolute atomic E-state index is 0.106. The van der Waals surface area contributed by atoms with E-state index >= 15 is 0 Å². The van der Waals surface area contributed by atoms with Gasteiger partial charge in [0.2, 0.25) is 0 Å². The summed E-state index contributed by atoms with van der Waals surface area (Å²) in [5.41, 5.74) is 1.95. The molecule has 1 aromatic carbocycles. The Balaban J connectivity index is 1.52. The predicted molar refractivity (Wildman–Crippen MR) is 80.2 cm³/mol. The van der Waals surface area contributed by atoms with Gasteiger partial charge in [-0.3, -0.25) is 4.90 Å². The third-order valence-electron chi connectivity index (χ3n) is 4.03. The van der Waals surface area contributed by atoms with Crippen molar-refractivity contribution in [3.8, 4) is 0 Å². The van der Waals surface area contributed by atoms with E-state index < -0.39 is 0 Å². The maximum atomic E-state index is 13.7. The molecule has 3 nitrogen and oxygen atoms in total. The molecule has 21 heavy (non-hydrogen) atoms. The molecule has 1 saturated heterocycles. The highest BCUT2D eigenvalue weighted by molar-refractivity contribution is 5.17. The van der Waals surface area contributed by atoms with Crippen molar-refractivity contribution in [2.24, 2.45) is 0 Å². The van der Waals surface area contributed by atoms with Gasteiger partial charge in [0.25, 0.3) is 0 Å². The van der Waals surface area contributed by atoms with Crippen LogP contribution < -0.4 is 5.32 Å².